The zero-order chi connectivity index (χ0) is 7.40. The Hall–Kier alpha value is -0.550. The Labute approximate surface area is 62.4 Å². The molecule has 56 valence electrons. The van der Waals surface area contributed by atoms with Gasteiger partial charge in [0.05, 0.1) is 12.0 Å². The normalized spacial score (nSPS) is 27.8. The van der Waals surface area contributed by atoms with Crippen LogP contribution >= 0.6 is 0 Å². The molecular formula is C8H14N2. The number of hydrogen-bond acceptors (Lipinski definition) is 2. The minimum absolute atomic E-state index is 0.300. The zero-order valence-electron chi connectivity index (χ0n) is 6.51. The van der Waals surface area contributed by atoms with E-state index in [0.717, 1.165) is 19.5 Å². The molecule has 2 heteroatoms. The van der Waals surface area contributed by atoms with E-state index in [4.69, 9.17) is 5.26 Å². The molecule has 0 spiro atoms. The molecule has 1 fully saturated rings. The number of nitriles is 1. The van der Waals surface area contributed by atoms with Gasteiger partial charge < -0.3 is 4.90 Å². The fraction of sp³-hybridized carbons (Fsp3) is 0.875. The molecule has 10 heavy (non-hydrogen) atoms. The standard InChI is InChI=1S/C8H14N2/c1-2-10-5-3-4-8(6-9)7-10/h8H,2-5,7H2,1H3. The molecule has 0 aromatic rings. The van der Waals surface area contributed by atoms with Crippen molar-refractivity contribution in [2.75, 3.05) is 19.6 Å². The van der Waals surface area contributed by atoms with Crippen LogP contribution in [0.1, 0.15) is 19.8 Å². The highest BCUT2D eigenvalue weighted by Crippen LogP contribution is 2.14. The van der Waals surface area contributed by atoms with Gasteiger partial charge in [0.1, 0.15) is 0 Å². The van der Waals surface area contributed by atoms with E-state index in [2.05, 4.69) is 17.9 Å². The molecule has 1 aliphatic heterocycles. The van der Waals surface area contributed by atoms with Gasteiger partial charge in [-0.2, -0.15) is 5.26 Å². The minimum Gasteiger partial charge on any atom is -0.302 e. The van der Waals surface area contributed by atoms with Crippen LogP contribution in [0.15, 0.2) is 0 Å². The molecular weight excluding hydrogens is 124 g/mol. The zero-order valence-corrected chi connectivity index (χ0v) is 6.51. The van der Waals surface area contributed by atoms with E-state index >= 15 is 0 Å². The van der Waals surface area contributed by atoms with Crippen LogP contribution in [0.5, 0.6) is 0 Å². The summed E-state index contributed by atoms with van der Waals surface area (Å²) in [7, 11) is 0. The second kappa shape index (κ2) is 3.58. The summed E-state index contributed by atoms with van der Waals surface area (Å²) in [5.41, 5.74) is 0. The molecule has 0 saturated carbocycles. The number of piperidine rings is 1. The first-order valence-electron chi connectivity index (χ1n) is 3.98. The summed E-state index contributed by atoms with van der Waals surface area (Å²) < 4.78 is 0. The SMILES string of the molecule is CCN1CCCC(C#N)C1. The van der Waals surface area contributed by atoms with Gasteiger partial charge in [-0.25, -0.2) is 0 Å². The van der Waals surface area contributed by atoms with Gasteiger partial charge in [-0.1, -0.05) is 6.92 Å². The molecule has 0 aromatic carbocycles. The van der Waals surface area contributed by atoms with Crippen molar-refractivity contribution in [3.8, 4) is 6.07 Å². The van der Waals surface area contributed by atoms with Crippen molar-refractivity contribution in [3.05, 3.63) is 0 Å². The van der Waals surface area contributed by atoms with E-state index in [0.29, 0.717) is 5.92 Å². The molecule has 0 radical (unpaired) electrons. The van der Waals surface area contributed by atoms with E-state index in [1.807, 2.05) is 0 Å². The Morgan fingerprint density at radius 3 is 3.10 bits per heavy atom. The smallest absolute Gasteiger partial charge is 0.0669 e. The molecule has 1 rings (SSSR count). The second-order valence-corrected chi connectivity index (χ2v) is 2.86. The molecule has 0 bridgehead atoms. The molecule has 1 aliphatic rings. The third-order valence-electron chi connectivity index (χ3n) is 2.14. The first kappa shape index (κ1) is 7.56. The van der Waals surface area contributed by atoms with E-state index in [1.165, 1.54) is 13.0 Å². The summed E-state index contributed by atoms with van der Waals surface area (Å²) in [5.74, 6) is 0.300. The van der Waals surface area contributed by atoms with Crippen molar-refractivity contribution in [2.24, 2.45) is 5.92 Å². The van der Waals surface area contributed by atoms with Crippen molar-refractivity contribution in [1.29, 1.82) is 5.26 Å². The lowest BCUT2D eigenvalue weighted by atomic mass is 10.00. The summed E-state index contributed by atoms with van der Waals surface area (Å²) in [6.45, 7) is 5.43. The molecule has 0 aromatic heterocycles. The van der Waals surface area contributed by atoms with Gasteiger partial charge in [0.15, 0.2) is 0 Å². The topological polar surface area (TPSA) is 27.0 Å². The third kappa shape index (κ3) is 1.71. The minimum atomic E-state index is 0.300. The largest absolute Gasteiger partial charge is 0.302 e. The van der Waals surface area contributed by atoms with Gasteiger partial charge in [0, 0.05) is 6.54 Å². The van der Waals surface area contributed by atoms with Crippen molar-refractivity contribution >= 4 is 0 Å². The first-order valence-corrected chi connectivity index (χ1v) is 3.98. The average Bonchev–Trinajstić information content (AvgIpc) is 2.05. The van der Waals surface area contributed by atoms with Crippen LogP contribution in [0.4, 0.5) is 0 Å². The highest BCUT2D eigenvalue weighted by Gasteiger charge is 2.17. The number of hydrogen-bond donors (Lipinski definition) is 0. The number of likely N-dealkylation sites (tertiary alicyclic amines) is 1. The number of nitrogens with zero attached hydrogens (tertiary/aromatic N) is 2. The average molecular weight is 138 g/mol. The van der Waals surface area contributed by atoms with E-state index in [1.54, 1.807) is 0 Å². The molecule has 1 atom stereocenters. The van der Waals surface area contributed by atoms with Crippen LogP contribution in [0.2, 0.25) is 0 Å². The van der Waals surface area contributed by atoms with Crippen molar-refractivity contribution in [1.82, 2.24) is 4.90 Å². The summed E-state index contributed by atoms with van der Waals surface area (Å²) in [5, 5.41) is 8.63. The number of rotatable bonds is 1. The van der Waals surface area contributed by atoms with E-state index in [9.17, 15) is 0 Å². The summed E-state index contributed by atoms with van der Waals surface area (Å²) in [6, 6.07) is 2.33. The third-order valence-corrected chi connectivity index (χ3v) is 2.14. The Balaban J connectivity index is 2.33. The van der Waals surface area contributed by atoms with Crippen LogP contribution in [-0.4, -0.2) is 24.5 Å². The highest BCUT2D eigenvalue weighted by molar-refractivity contribution is 4.87. The van der Waals surface area contributed by atoms with Gasteiger partial charge in [0.25, 0.3) is 0 Å². The van der Waals surface area contributed by atoms with Crippen LogP contribution in [0, 0.1) is 17.2 Å². The maximum Gasteiger partial charge on any atom is 0.0669 e. The Morgan fingerprint density at radius 1 is 1.70 bits per heavy atom. The van der Waals surface area contributed by atoms with E-state index in [-0.39, 0.29) is 0 Å². The lowest BCUT2D eigenvalue weighted by Gasteiger charge is -2.27. The molecule has 1 unspecified atom stereocenters. The summed E-state index contributed by atoms with van der Waals surface area (Å²) in [6.07, 6.45) is 2.30. The molecule has 0 aliphatic carbocycles. The fourth-order valence-electron chi connectivity index (χ4n) is 1.45. The van der Waals surface area contributed by atoms with Crippen molar-refractivity contribution in [3.63, 3.8) is 0 Å². The first-order chi connectivity index (χ1) is 4.86. The molecule has 0 N–H and O–H groups in total. The van der Waals surface area contributed by atoms with Gasteiger partial charge in [-0.05, 0) is 25.9 Å². The summed E-state index contributed by atoms with van der Waals surface area (Å²) >= 11 is 0. The van der Waals surface area contributed by atoms with E-state index < -0.39 is 0 Å². The van der Waals surface area contributed by atoms with Crippen LogP contribution < -0.4 is 0 Å². The van der Waals surface area contributed by atoms with Gasteiger partial charge in [0.2, 0.25) is 0 Å². The lowest BCUT2D eigenvalue weighted by Crippen LogP contribution is -2.34. The van der Waals surface area contributed by atoms with Crippen molar-refractivity contribution < 1.29 is 0 Å². The summed E-state index contributed by atoms with van der Waals surface area (Å²) in [4.78, 5) is 2.34. The quantitative estimate of drug-likeness (QED) is 0.545. The Bertz CT molecular complexity index is 137. The molecule has 0 amide bonds. The predicted molar refractivity (Wildman–Crippen MR) is 40.5 cm³/mol. The Morgan fingerprint density at radius 2 is 2.50 bits per heavy atom. The maximum atomic E-state index is 8.63. The second-order valence-electron chi connectivity index (χ2n) is 2.86. The molecule has 1 saturated heterocycles. The van der Waals surface area contributed by atoms with Gasteiger partial charge >= 0.3 is 0 Å². The maximum absolute atomic E-state index is 8.63. The molecule has 2 nitrogen and oxygen atoms in total. The fourth-order valence-corrected chi connectivity index (χ4v) is 1.45. The predicted octanol–water partition coefficient (Wildman–Crippen LogP) is 1.24. The van der Waals surface area contributed by atoms with Gasteiger partial charge in [-0.15, -0.1) is 0 Å². The van der Waals surface area contributed by atoms with Crippen LogP contribution in [0.3, 0.4) is 0 Å². The van der Waals surface area contributed by atoms with Crippen molar-refractivity contribution in [2.45, 2.75) is 19.8 Å². The Kier molecular flexibility index (Phi) is 2.70. The van der Waals surface area contributed by atoms with Gasteiger partial charge in [-0.3, -0.25) is 0 Å². The molecule has 1 heterocycles. The lowest BCUT2D eigenvalue weighted by molar-refractivity contribution is 0.209. The van der Waals surface area contributed by atoms with Crippen LogP contribution in [0.25, 0.3) is 0 Å². The monoisotopic (exact) mass is 138 g/mol. The van der Waals surface area contributed by atoms with Crippen LogP contribution in [-0.2, 0) is 0 Å². The highest BCUT2D eigenvalue weighted by atomic mass is 15.1.